The second-order valence-electron chi connectivity index (χ2n) is 27.9. The zero-order chi connectivity index (χ0) is 67.8. The quantitative estimate of drug-likeness (QED) is 0.0212. The van der Waals surface area contributed by atoms with Crippen molar-refractivity contribution in [2.24, 2.45) is 0 Å². The van der Waals surface area contributed by atoms with Crippen molar-refractivity contribution in [2.45, 2.75) is 380 Å². The van der Waals surface area contributed by atoms with Crippen LogP contribution in [0.2, 0.25) is 0 Å². The summed E-state index contributed by atoms with van der Waals surface area (Å²) >= 11 is 0. The van der Waals surface area contributed by atoms with E-state index in [4.69, 9.17) is 13.8 Å². The topological polar surface area (TPSA) is 114 Å². The Kier molecular flexibility index (Phi) is 69.3. The number of esters is 1. The molecule has 0 aromatic carbocycles. The molecule has 10 heteroatoms. The number of phosphoric ester groups is 1. The number of rotatable bonds is 72. The van der Waals surface area contributed by atoms with Gasteiger partial charge in [-0.3, -0.25) is 14.2 Å². The van der Waals surface area contributed by atoms with E-state index in [2.05, 4.69) is 111 Å². The average molecular weight is 1320 g/mol. The van der Waals surface area contributed by atoms with Gasteiger partial charge in [0.25, 0.3) is 7.82 Å². The van der Waals surface area contributed by atoms with Gasteiger partial charge in [-0.2, -0.15) is 0 Å². The first-order chi connectivity index (χ1) is 45.4. The second-order valence-corrected chi connectivity index (χ2v) is 29.3. The summed E-state index contributed by atoms with van der Waals surface area (Å²) in [6.45, 7) is 6.83. The lowest BCUT2D eigenvalue weighted by Gasteiger charge is -2.30. The summed E-state index contributed by atoms with van der Waals surface area (Å²) in [6, 6.07) is -0.896. The van der Waals surface area contributed by atoms with Crippen LogP contribution in [-0.4, -0.2) is 69.4 Å². The van der Waals surface area contributed by atoms with Crippen molar-refractivity contribution in [1.82, 2.24) is 5.32 Å². The van der Waals surface area contributed by atoms with Crippen molar-refractivity contribution in [3.63, 3.8) is 0 Å². The van der Waals surface area contributed by atoms with Gasteiger partial charge in [0.05, 0.1) is 33.8 Å². The Morgan fingerprint density at radius 2 is 0.656 bits per heavy atom. The van der Waals surface area contributed by atoms with Crippen LogP contribution in [0.15, 0.2) is 97.2 Å². The highest BCUT2D eigenvalue weighted by atomic mass is 31.2. The predicted octanol–water partition coefficient (Wildman–Crippen LogP) is 25.2. The third-order valence-corrected chi connectivity index (χ3v) is 18.5. The summed E-state index contributed by atoms with van der Waals surface area (Å²) in [7, 11) is 1.19. The van der Waals surface area contributed by atoms with E-state index in [-0.39, 0.29) is 24.9 Å². The molecule has 0 saturated carbocycles. The molecule has 3 atom stereocenters. The number of nitrogens with one attached hydrogen (secondary N) is 1. The first-order valence-electron chi connectivity index (χ1n) is 39.5. The molecule has 0 heterocycles. The molecule has 0 radical (unpaired) electrons. The minimum Gasteiger partial charge on any atom is -0.756 e. The van der Waals surface area contributed by atoms with Crippen LogP contribution in [0.4, 0.5) is 0 Å². The minimum atomic E-state index is -4.71. The monoisotopic (exact) mass is 1320 g/mol. The number of hydrogen-bond donors (Lipinski definition) is 1. The first kappa shape index (κ1) is 89.9. The van der Waals surface area contributed by atoms with Crippen LogP contribution in [0.25, 0.3) is 0 Å². The number of hydrogen-bond acceptors (Lipinski definition) is 7. The van der Waals surface area contributed by atoms with Crippen LogP contribution in [0.5, 0.6) is 0 Å². The fourth-order valence-electron chi connectivity index (χ4n) is 11.4. The van der Waals surface area contributed by atoms with Crippen LogP contribution in [0.1, 0.15) is 367 Å². The zero-order valence-electron chi connectivity index (χ0n) is 61.9. The fraction of sp³-hybridized carbons (Fsp3) is 0.783. The Morgan fingerprint density at radius 1 is 0.376 bits per heavy atom. The molecule has 93 heavy (non-hydrogen) atoms. The fourth-order valence-corrected chi connectivity index (χ4v) is 12.1. The van der Waals surface area contributed by atoms with Crippen LogP contribution in [0, 0.1) is 0 Å². The largest absolute Gasteiger partial charge is 0.756 e. The number of nitrogens with zero attached hydrogens (tertiary/aromatic N) is 1. The average Bonchev–Trinajstić information content (AvgIpc) is 2.15. The molecule has 0 aliphatic carbocycles. The van der Waals surface area contributed by atoms with E-state index in [1.54, 1.807) is 0 Å². The molecule has 0 saturated heterocycles. The maximum absolute atomic E-state index is 13.7. The number of likely N-dealkylation sites (N-methyl/N-ethyl adjacent to an activating group) is 1. The number of allylic oxidation sites excluding steroid dienone is 15. The summed E-state index contributed by atoms with van der Waals surface area (Å²) in [5.41, 5.74) is 0. The number of unbranched alkanes of at least 4 members (excludes halogenated alkanes) is 42. The van der Waals surface area contributed by atoms with Crippen molar-refractivity contribution >= 4 is 19.7 Å². The number of phosphoric acid groups is 1. The molecular formula is C83H151N2O7P. The van der Waals surface area contributed by atoms with Gasteiger partial charge in [-0.1, -0.05) is 337 Å². The molecule has 1 amide bonds. The lowest BCUT2D eigenvalue weighted by Crippen LogP contribution is -2.47. The maximum atomic E-state index is 13.7. The zero-order valence-corrected chi connectivity index (χ0v) is 62.8. The summed E-state index contributed by atoms with van der Waals surface area (Å²) in [4.78, 5) is 40.4. The van der Waals surface area contributed by atoms with Crippen molar-refractivity contribution in [3.8, 4) is 0 Å². The molecule has 540 valence electrons. The van der Waals surface area contributed by atoms with Crippen LogP contribution in [-0.2, 0) is 27.9 Å². The number of quaternary nitrogens is 1. The van der Waals surface area contributed by atoms with Gasteiger partial charge in [0.1, 0.15) is 19.3 Å². The molecule has 0 rings (SSSR count). The van der Waals surface area contributed by atoms with Gasteiger partial charge in [0.2, 0.25) is 5.91 Å². The number of carbonyl (C=O) groups excluding carboxylic acids is 2. The predicted molar refractivity (Wildman–Crippen MR) is 404 cm³/mol. The Balaban J connectivity index is 4.99. The van der Waals surface area contributed by atoms with Gasteiger partial charge in [-0.05, 0) is 115 Å². The highest BCUT2D eigenvalue weighted by molar-refractivity contribution is 7.45. The van der Waals surface area contributed by atoms with Crippen molar-refractivity contribution in [3.05, 3.63) is 97.2 Å². The lowest BCUT2D eigenvalue weighted by molar-refractivity contribution is -0.870. The van der Waals surface area contributed by atoms with E-state index in [1.807, 2.05) is 33.3 Å². The molecule has 0 bridgehead atoms. The Morgan fingerprint density at radius 3 is 1.00 bits per heavy atom. The molecule has 9 nitrogen and oxygen atoms in total. The summed E-state index contributed by atoms with van der Waals surface area (Å²) in [6.07, 6.45) is 98.2. The number of amides is 1. The van der Waals surface area contributed by atoms with Gasteiger partial charge < -0.3 is 28.5 Å². The summed E-state index contributed by atoms with van der Waals surface area (Å²) < 4.78 is 30.6. The third kappa shape index (κ3) is 73.0. The third-order valence-electron chi connectivity index (χ3n) is 17.5. The van der Waals surface area contributed by atoms with Gasteiger partial charge >= 0.3 is 5.97 Å². The molecule has 0 aliphatic heterocycles. The standard InChI is InChI=1S/C83H151N2O7P/c1-7-10-13-16-19-22-25-28-30-32-34-36-38-40-42-44-46-48-50-52-54-57-60-63-66-69-72-75-82(86)84-80(79-91-93(88,89)90-78-77-85(4,5)6)81(74-71-68-65-62-59-56-27-24-21-18-15-12-9-3)92-83(87)76-73-70-67-64-61-58-55-53-51-49-47-45-43-41-39-37-35-33-31-29-26-23-20-17-14-11-8-2/h19-20,22-23,28-31,34-37,41,43,71,74,80-81H,7-18,21,24-27,32-33,38-40,42,44-70,72-73,75-79H2,1-6H3,(H-,84,86,88,89)/b22-19-,23-20-,30-28-,31-29-,36-34-,37-35-,43-41-,74-71+. The molecular weight excluding hydrogens is 1170 g/mol. The minimum absolute atomic E-state index is 0.0251. The first-order valence-corrected chi connectivity index (χ1v) is 41.0. The van der Waals surface area contributed by atoms with Crippen molar-refractivity contribution < 1.29 is 37.3 Å². The smallest absolute Gasteiger partial charge is 0.306 e. The molecule has 3 unspecified atom stereocenters. The Labute approximate surface area is 577 Å². The summed E-state index contributed by atoms with van der Waals surface area (Å²) in [5, 5.41) is 3.06. The van der Waals surface area contributed by atoms with Gasteiger partial charge in [-0.15, -0.1) is 0 Å². The highest BCUT2D eigenvalue weighted by Crippen LogP contribution is 2.38. The molecule has 0 aromatic heterocycles. The molecule has 1 N–H and O–H groups in total. The van der Waals surface area contributed by atoms with Crippen molar-refractivity contribution in [1.29, 1.82) is 0 Å². The molecule has 0 aliphatic rings. The van der Waals surface area contributed by atoms with Gasteiger partial charge in [0.15, 0.2) is 0 Å². The van der Waals surface area contributed by atoms with Crippen LogP contribution in [0.3, 0.4) is 0 Å². The van der Waals surface area contributed by atoms with Crippen LogP contribution >= 0.6 is 7.82 Å². The van der Waals surface area contributed by atoms with Crippen LogP contribution < -0.4 is 10.2 Å². The van der Waals surface area contributed by atoms with E-state index in [9.17, 15) is 19.0 Å². The lowest BCUT2D eigenvalue weighted by atomic mass is 10.0. The molecule has 0 fully saturated rings. The van der Waals surface area contributed by atoms with Gasteiger partial charge in [-0.25, -0.2) is 0 Å². The SMILES string of the molecule is CCCCC/C=C\C/C=C\C/C=C\C/C=C\CCCCCCCCCCCCCC(=O)OC(/C=C/CCCCCCCCCCCCC)C(COP(=O)([O-])OCC[N+](C)(C)C)NC(=O)CCCCCCCCCCCCCCCC/C=C\C/C=C\C/C=C\CCCCC. The van der Waals surface area contributed by atoms with Gasteiger partial charge in [0, 0.05) is 12.8 Å². The van der Waals surface area contributed by atoms with E-state index < -0.39 is 26.6 Å². The Bertz CT molecular complexity index is 1910. The van der Waals surface area contributed by atoms with Crippen molar-refractivity contribution in [2.75, 3.05) is 40.9 Å². The molecule has 0 aromatic rings. The van der Waals surface area contributed by atoms with E-state index in [1.165, 1.54) is 244 Å². The number of carbonyl (C=O) groups is 2. The van der Waals surface area contributed by atoms with E-state index >= 15 is 0 Å². The summed E-state index contributed by atoms with van der Waals surface area (Å²) in [5.74, 6) is -0.535. The van der Waals surface area contributed by atoms with E-state index in [0.717, 1.165) is 89.9 Å². The number of ether oxygens (including phenoxy) is 1. The normalized spacial score (nSPS) is 13.9. The maximum Gasteiger partial charge on any atom is 0.306 e. The second kappa shape index (κ2) is 71.7. The molecule has 0 spiro atoms. The highest BCUT2D eigenvalue weighted by Gasteiger charge is 2.27. The Hall–Kier alpha value is -3.07. The van der Waals surface area contributed by atoms with E-state index in [0.29, 0.717) is 17.4 Å².